The van der Waals surface area contributed by atoms with Crippen LogP contribution in [0.5, 0.6) is 0 Å². The number of aliphatic hydroxyl groups excluding tert-OH is 1. The van der Waals surface area contributed by atoms with Gasteiger partial charge in [0.25, 0.3) is 11.7 Å². The number of hydrogen-bond acceptors (Lipinski definition) is 4. The average molecular weight is 428 g/mol. The maximum Gasteiger partial charge on any atom is 0.296 e. The first-order valence-corrected chi connectivity index (χ1v) is 9.54. The number of benzene rings is 2. The summed E-state index contributed by atoms with van der Waals surface area (Å²) in [5, 5.41) is 11.5. The zero-order chi connectivity index (χ0) is 20.5. The van der Waals surface area contributed by atoms with Gasteiger partial charge in [-0.25, -0.2) is 0 Å². The summed E-state index contributed by atoms with van der Waals surface area (Å²) < 4.78 is 5.36. The Morgan fingerprint density at radius 1 is 1.00 bits per heavy atom. The second-order valence-electron chi connectivity index (χ2n) is 6.55. The van der Waals surface area contributed by atoms with Crippen LogP contribution in [0.15, 0.2) is 76.9 Å². The van der Waals surface area contributed by atoms with Crippen LogP contribution in [0.25, 0.3) is 5.76 Å². The van der Waals surface area contributed by atoms with E-state index < -0.39 is 17.7 Å². The van der Waals surface area contributed by atoms with Crippen LogP contribution in [0.4, 0.5) is 0 Å². The summed E-state index contributed by atoms with van der Waals surface area (Å²) >= 11 is 12.0. The lowest BCUT2D eigenvalue weighted by molar-refractivity contribution is -0.140. The molecule has 1 aliphatic rings. The topological polar surface area (TPSA) is 70.8 Å². The Morgan fingerprint density at radius 2 is 1.76 bits per heavy atom. The number of carbonyl (C=O) groups excluding carboxylic acids is 2. The fourth-order valence-electron chi connectivity index (χ4n) is 3.39. The number of ketones is 1. The van der Waals surface area contributed by atoms with Gasteiger partial charge in [0.1, 0.15) is 11.5 Å². The van der Waals surface area contributed by atoms with Gasteiger partial charge in [0.2, 0.25) is 0 Å². The Balaban J connectivity index is 1.87. The number of Topliss-reactive ketones (excluding diaryl/α,β-unsaturated/α-hetero) is 1. The fourth-order valence-corrected chi connectivity index (χ4v) is 3.69. The van der Waals surface area contributed by atoms with E-state index in [0.717, 1.165) is 0 Å². The van der Waals surface area contributed by atoms with Crippen molar-refractivity contribution in [3.8, 4) is 0 Å². The summed E-state index contributed by atoms with van der Waals surface area (Å²) in [5.74, 6) is -1.26. The van der Waals surface area contributed by atoms with Crippen molar-refractivity contribution in [1.82, 2.24) is 4.90 Å². The predicted molar refractivity (Wildman–Crippen MR) is 109 cm³/mol. The normalized spacial score (nSPS) is 18.4. The zero-order valence-corrected chi connectivity index (χ0v) is 16.5. The second-order valence-corrected chi connectivity index (χ2v) is 7.36. The Labute approximate surface area is 176 Å². The first-order valence-electron chi connectivity index (χ1n) is 8.78. The smallest absolute Gasteiger partial charge is 0.296 e. The highest BCUT2D eigenvalue weighted by Gasteiger charge is 2.46. The molecule has 0 spiro atoms. The molecule has 1 N–H and O–H groups in total. The predicted octanol–water partition coefficient (Wildman–Crippen LogP) is 5.21. The van der Waals surface area contributed by atoms with Gasteiger partial charge >= 0.3 is 0 Å². The van der Waals surface area contributed by atoms with Gasteiger partial charge in [0.15, 0.2) is 0 Å². The number of rotatable bonds is 4. The van der Waals surface area contributed by atoms with Crippen molar-refractivity contribution in [2.75, 3.05) is 0 Å². The minimum atomic E-state index is -0.769. The van der Waals surface area contributed by atoms with Crippen molar-refractivity contribution in [2.24, 2.45) is 0 Å². The molecule has 1 fully saturated rings. The molecule has 4 rings (SSSR count). The van der Waals surface area contributed by atoms with E-state index in [4.69, 9.17) is 27.6 Å². The number of carbonyl (C=O) groups is 2. The van der Waals surface area contributed by atoms with Gasteiger partial charge in [-0.1, -0.05) is 53.5 Å². The molecule has 0 saturated carbocycles. The van der Waals surface area contributed by atoms with E-state index in [1.165, 1.54) is 23.3 Å². The average Bonchev–Trinajstić information content (AvgIpc) is 3.32. The van der Waals surface area contributed by atoms with E-state index in [2.05, 4.69) is 0 Å². The second kappa shape index (κ2) is 7.78. The first-order chi connectivity index (χ1) is 14.0. The molecule has 0 aliphatic carbocycles. The van der Waals surface area contributed by atoms with Gasteiger partial charge in [0.05, 0.1) is 34.5 Å². The summed E-state index contributed by atoms with van der Waals surface area (Å²) in [6.07, 6.45) is 1.50. The lowest BCUT2D eigenvalue weighted by Crippen LogP contribution is -2.29. The highest BCUT2D eigenvalue weighted by molar-refractivity contribution is 6.46. The van der Waals surface area contributed by atoms with Crippen LogP contribution in [0.1, 0.15) is 22.9 Å². The minimum Gasteiger partial charge on any atom is -0.507 e. The molecule has 5 nitrogen and oxygen atoms in total. The molecule has 0 radical (unpaired) electrons. The molecule has 1 amide bonds. The van der Waals surface area contributed by atoms with Gasteiger partial charge in [0, 0.05) is 5.56 Å². The van der Waals surface area contributed by atoms with Crippen molar-refractivity contribution in [2.45, 2.75) is 12.6 Å². The van der Waals surface area contributed by atoms with Gasteiger partial charge in [-0.2, -0.15) is 0 Å². The largest absolute Gasteiger partial charge is 0.507 e. The van der Waals surface area contributed by atoms with Crippen LogP contribution in [-0.4, -0.2) is 21.7 Å². The summed E-state index contributed by atoms with van der Waals surface area (Å²) in [4.78, 5) is 27.1. The molecule has 29 heavy (non-hydrogen) atoms. The Kier molecular flexibility index (Phi) is 5.18. The Bertz CT molecular complexity index is 1110. The van der Waals surface area contributed by atoms with E-state index in [0.29, 0.717) is 21.9 Å². The van der Waals surface area contributed by atoms with Crippen LogP contribution in [-0.2, 0) is 16.1 Å². The number of hydrogen-bond donors (Lipinski definition) is 1. The zero-order valence-electron chi connectivity index (χ0n) is 15.0. The standard InChI is InChI=1S/C22H15Cl2NO4/c23-16-9-8-14(11-17(16)24)20(26)18-19(13-5-2-1-3-6-13)25(22(28)21(18)27)12-15-7-4-10-29-15/h1-11,19,26H,12H2/b20-18-. The molecule has 1 saturated heterocycles. The van der Waals surface area contributed by atoms with Crippen LogP contribution in [0.2, 0.25) is 10.0 Å². The van der Waals surface area contributed by atoms with Crippen LogP contribution >= 0.6 is 23.2 Å². The number of nitrogens with zero attached hydrogens (tertiary/aromatic N) is 1. The summed E-state index contributed by atoms with van der Waals surface area (Å²) in [5.41, 5.74) is 0.988. The first kappa shape index (κ1) is 19.3. The SMILES string of the molecule is O=C1C(=O)N(Cc2ccco2)C(c2ccccc2)/C1=C(/O)c1ccc(Cl)c(Cl)c1. The molecule has 1 aromatic heterocycles. The minimum absolute atomic E-state index is 0.00820. The van der Waals surface area contributed by atoms with E-state index in [1.54, 1.807) is 30.3 Å². The molecule has 1 atom stereocenters. The molecule has 1 aliphatic heterocycles. The quantitative estimate of drug-likeness (QED) is 0.352. The van der Waals surface area contributed by atoms with Crippen molar-refractivity contribution < 1.29 is 19.1 Å². The number of furan rings is 1. The summed E-state index contributed by atoms with van der Waals surface area (Å²) in [6, 6.07) is 16.2. The van der Waals surface area contributed by atoms with E-state index in [1.807, 2.05) is 18.2 Å². The lowest BCUT2D eigenvalue weighted by atomic mass is 9.95. The monoisotopic (exact) mass is 427 g/mol. The molecule has 2 aromatic carbocycles. The molecule has 2 heterocycles. The third-order valence-electron chi connectivity index (χ3n) is 4.75. The Hall–Kier alpha value is -3.02. The molecular weight excluding hydrogens is 413 g/mol. The molecule has 146 valence electrons. The number of likely N-dealkylation sites (tertiary alicyclic amines) is 1. The number of aliphatic hydroxyl groups is 1. The summed E-state index contributed by atoms with van der Waals surface area (Å²) in [6.45, 7) is 0.0925. The van der Waals surface area contributed by atoms with Crippen molar-refractivity contribution in [1.29, 1.82) is 0 Å². The maximum absolute atomic E-state index is 12.9. The van der Waals surface area contributed by atoms with Crippen LogP contribution < -0.4 is 0 Å². The third-order valence-corrected chi connectivity index (χ3v) is 5.49. The lowest BCUT2D eigenvalue weighted by Gasteiger charge is -2.24. The maximum atomic E-state index is 12.9. The van der Waals surface area contributed by atoms with Crippen molar-refractivity contribution >= 4 is 40.7 Å². The van der Waals surface area contributed by atoms with Gasteiger partial charge in [-0.05, 0) is 35.9 Å². The van der Waals surface area contributed by atoms with Gasteiger partial charge < -0.3 is 14.4 Å². The number of halogens is 2. The highest BCUT2D eigenvalue weighted by atomic mass is 35.5. The van der Waals surface area contributed by atoms with E-state index in [9.17, 15) is 14.7 Å². The number of amides is 1. The Morgan fingerprint density at radius 3 is 2.41 bits per heavy atom. The van der Waals surface area contributed by atoms with Gasteiger partial charge in [-0.3, -0.25) is 9.59 Å². The highest BCUT2D eigenvalue weighted by Crippen LogP contribution is 2.40. The van der Waals surface area contributed by atoms with Crippen LogP contribution in [0, 0.1) is 0 Å². The molecule has 3 aromatic rings. The molecule has 0 bridgehead atoms. The fraction of sp³-hybridized carbons (Fsp3) is 0.0909. The molecule has 7 heteroatoms. The molecule has 1 unspecified atom stereocenters. The van der Waals surface area contributed by atoms with Crippen LogP contribution in [0.3, 0.4) is 0 Å². The van der Waals surface area contributed by atoms with Gasteiger partial charge in [-0.15, -0.1) is 0 Å². The third kappa shape index (κ3) is 3.55. The van der Waals surface area contributed by atoms with E-state index >= 15 is 0 Å². The van der Waals surface area contributed by atoms with Crippen molar-refractivity contribution in [3.63, 3.8) is 0 Å². The van der Waals surface area contributed by atoms with E-state index in [-0.39, 0.29) is 22.9 Å². The molecular formula is C22H15Cl2NO4. The van der Waals surface area contributed by atoms with Crippen molar-refractivity contribution in [3.05, 3.63) is 99.4 Å². The summed E-state index contributed by atoms with van der Waals surface area (Å²) in [7, 11) is 0.